The minimum Gasteiger partial charge on any atom is -0.506 e. The summed E-state index contributed by atoms with van der Waals surface area (Å²) in [5.74, 6) is 0.195. The van der Waals surface area contributed by atoms with E-state index in [-0.39, 0.29) is 16.8 Å². The molecule has 0 aliphatic carbocycles. The zero-order valence-corrected chi connectivity index (χ0v) is 11.5. The molecule has 4 heteroatoms. The second-order valence-electron chi connectivity index (χ2n) is 4.53. The van der Waals surface area contributed by atoms with Crippen LogP contribution >= 0.6 is 11.8 Å². The van der Waals surface area contributed by atoms with Gasteiger partial charge in [-0.2, -0.15) is 0 Å². The molecule has 0 saturated carbocycles. The standard InChI is InChI=1S/C16H13NO2S/c1-10(17-12-7-3-4-8-13(12)18)16-15(19)11-6-2-5-9-14(11)20-16/h2-9,16-18H,1H2/t16-/m0/s1. The highest BCUT2D eigenvalue weighted by molar-refractivity contribution is 8.01. The number of hydrogen-bond acceptors (Lipinski definition) is 4. The second-order valence-corrected chi connectivity index (χ2v) is 5.67. The fourth-order valence-corrected chi connectivity index (χ4v) is 3.28. The Morgan fingerprint density at radius 3 is 2.60 bits per heavy atom. The monoisotopic (exact) mass is 283 g/mol. The van der Waals surface area contributed by atoms with Gasteiger partial charge in [0.05, 0.1) is 5.69 Å². The Morgan fingerprint density at radius 1 is 1.15 bits per heavy atom. The van der Waals surface area contributed by atoms with Crippen LogP contribution < -0.4 is 5.32 Å². The Balaban J connectivity index is 1.81. The van der Waals surface area contributed by atoms with Crippen molar-refractivity contribution in [1.82, 2.24) is 0 Å². The van der Waals surface area contributed by atoms with Gasteiger partial charge in [-0.1, -0.05) is 36.9 Å². The van der Waals surface area contributed by atoms with Gasteiger partial charge in [0.25, 0.3) is 0 Å². The van der Waals surface area contributed by atoms with Crippen LogP contribution in [0.2, 0.25) is 0 Å². The number of nitrogens with one attached hydrogen (secondary N) is 1. The highest BCUT2D eigenvalue weighted by atomic mass is 32.2. The van der Waals surface area contributed by atoms with E-state index in [1.807, 2.05) is 30.3 Å². The zero-order valence-electron chi connectivity index (χ0n) is 10.7. The maximum Gasteiger partial charge on any atom is 0.183 e. The molecule has 1 aliphatic rings. The van der Waals surface area contributed by atoms with E-state index < -0.39 is 0 Å². The number of fused-ring (bicyclic) bond motifs is 1. The lowest BCUT2D eigenvalue weighted by atomic mass is 10.1. The first kappa shape index (κ1) is 12.8. The molecule has 0 spiro atoms. The number of phenolic OH excluding ortho intramolecular Hbond substituents is 1. The number of phenols is 1. The van der Waals surface area contributed by atoms with Crippen molar-refractivity contribution in [3.63, 3.8) is 0 Å². The molecule has 2 aromatic rings. The minimum atomic E-state index is -0.355. The molecule has 1 aliphatic heterocycles. The zero-order chi connectivity index (χ0) is 14.1. The van der Waals surface area contributed by atoms with Gasteiger partial charge in [0.15, 0.2) is 5.78 Å². The van der Waals surface area contributed by atoms with Gasteiger partial charge in [-0.15, -0.1) is 11.8 Å². The van der Waals surface area contributed by atoms with E-state index >= 15 is 0 Å². The maximum atomic E-state index is 12.3. The number of anilines is 1. The summed E-state index contributed by atoms with van der Waals surface area (Å²) in [4.78, 5) is 13.3. The number of ketones is 1. The van der Waals surface area contributed by atoms with Gasteiger partial charge in [-0.25, -0.2) is 0 Å². The fraction of sp³-hybridized carbons (Fsp3) is 0.0625. The Hall–Kier alpha value is -2.20. The summed E-state index contributed by atoms with van der Waals surface area (Å²) in [7, 11) is 0. The van der Waals surface area contributed by atoms with E-state index in [4.69, 9.17) is 0 Å². The van der Waals surface area contributed by atoms with E-state index in [2.05, 4.69) is 11.9 Å². The molecule has 0 unspecified atom stereocenters. The van der Waals surface area contributed by atoms with Crippen LogP contribution in [0, 0.1) is 0 Å². The molecule has 0 radical (unpaired) electrons. The quantitative estimate of drug-likeness (QED) is 0.844. The van der Waals surface area contributed by atoms with Gasteiger partial charge in [0.2, 0.25) is 0 Å². The van der Waals surface area contributed by atoms with Crippen molar-refractivity contribution in [3.8, 4) is 5.75 Å². The molecule has 3 rings (SSSR count). The Kier molecular flexibility index (Phi) is 3.24. The lowest BCUT2D eigenvalue weighted by Crippen LogP contribution is -2.19. The first-order chi connectivity index (χ1) is 9.66. The van der Waals surface area contributed by atoms with Crippen molar-refractivity contribution < 1.29 is 9.90 Å². The Bertz CT molecular complexity index is 696. The first-order valence-corrected chi connectivity index (χ1v) is 7.08. The molecular formula is C16H13NO2S. The highest BCUT2D eigenvalue weighted by Crippen LogP contribution is 2.40. The van der Waals surface area contributed by atoms with Crippen LogP contribution in [0.4, 0.5) is 5.69 Å². The van der Waals surface area contributed by atoms with Crippen molar-refractivity contribution in [2.45, 2.75) is 10.1 Å². The van der Waals surface area contributed by atoms with Crippen molar-refractivity contribution in [3.05, 3.63) is 66.4 Å². The molecule has 2 aromatic carbocycles. The number of benzene rings is 2. The number of Topliss-reactive ketones (excluding diaryl/α,β-unsaturated/α-hetero) is 1. The van der Waals surface area contributed by atoms with E-state index in [1.54, 1.807) is 18.2 Å². The van der Waals surface area contributed by atoms with E-state index in [9.17, 15) is 9.90 Å². The molecule has 100 valence electrons. The lowest BCUT2D eigenvalue weighted by Gasteiger charge is -2.14. The van der Waals surface area contributed by atoms with E-state index in [1.165, 1.54) is 11.8 Å². The van der Waals surface area contributed by atoms with Crippen LogP contribution in [0.5, 0.6) is 5.75 Å². The number of carbonyl (C=O) groups is 1. The number of rotatable bonds is 3. The topological polar surface area (TPSA) is 49.3 Å². The van der Waals surface area contributed by atoms with E-state index in [0.717, 1.165) is 10.5 Å². The number of aromatic hydroxyl groups is 1. The van der Waals surface area contributed by atoms with Gasteiger partial charge in [-0.3, -0.25) is 4.79 Å². The lowest BCUT2D eigenvalue weighted by molar-refractivity contribution is 0.100. The van der Waals surface area contributed by atoms with Crippen molar-refractivity contribution >= 4 is 23.2 Å². The largest absolute Gasteiger partial charge is 0.506 e. The van der Waals surface area contributed by atoms with Crippen LogP contribution in [0.15, 0.2) is 65.7 Å². The molecule has 0 fully saturated rings. The van der Waals surface area contributed by atoms with Crippen LogP contribution in [0.1, 0.15) is 10.4 Å². The van der Waals surface area contributed by atoms with Gasteiger partial charge >= 0.3 is 0 Å². The predicted molar refractivity (Wildman–Crippen MR) is 81.3 cm³/mol. The Morgan fingerprint density at radius 2 is 1.85 bits per heavy atom. The van der Waals surface area contributed by atoms with Gasteiger partial charge in [-0.05, 0) is 18.2 Å². The average molecular weight is 283 g/mol. The molecule has 0 saturated heterocycles. The summed E-state index contributed by atoms with van der Waals surface area (Å²) in [5, 5.41) is 12.4. The maximum absolute atomic E-state index is 12.3. The average Bonchev–Trinajstić information content (AvgIpc) is 2.79. The molecule has 3 nitrogen and oxygen atoms in total. The molecule has 0 aromatic heterocycles. The summed E-state index contributed by atoms with van der Waals surface area (Å²) in [6.45, 7) is 3.94. The smallest absolute Gasteiger partial charge is 0.183 e. The number of hydrogen-bond donors (Lipinski definition) is 2. The summed E-state index contributed by atoms with van der Waals surface area (Å²) in [5.41, 5.74) is 1.88. The predicted octanol–water partition coefficient (Wildman–Crippen LogP) is 3.68. The molecule has 1 atom stereocenters. The number of para-hydroxylation sites is 2. The fourth-order valence-electron chi connectivity index (χ4n) is 2.14. The number of carbonyl (C=O) groups excluding carboxylic acids is 1. The van der Waals surface area contributed by atoms with Crippen molar-refractivity contribution in [2.24, 2.45) is 0 Å². The molecular weight excluding hydrogens is 270 g/mol. The van der Waals surface area contributed by atoms with Crippen molar-refractivity contribution in [2.75, 3.05) is 5.32 Å². The van der Waals surface area contributed by atoms with E-state index in [0.29, 0.717) is 11.4 Å². The summed E-state index contributed by atoms with van der Waals surface area (Å²) in [6, 6.07) is 14.4. The number of thioether (sulfide) groups is 1. The summed E-state index contributed by atoms with van der Waals surface area (Å²) < 4.78 is 0. The SMILES string of the molecule is C=C(Nc1ccccc1O)[C@@H]1Sc2ccccc2C1=O. The molecule has 1 heterocycles. The summed E-state index contributed by atoms with van der Waals surface area (Å²) in [6.07, 6.45) is 0. The highest BCUT2D eigenvalue weighted by Gasteiger charge is 2.33. The summed E-state index contributed by atoms with van der Waals surface area (Å²) >= 11 is 1.48. The third kappa shape index (κ3) is 2.18. The molecule has 2 N–H and O–H groups in total. The molecule has 0 amide bonds. The first-order valence-electron chi connectivity index (χ1n) is 6.20. The van der Waals surface area contributed by atoms with Crippen LogP contribution in [0.25, 0.3) is 0 Å². The second kappa shape index (κ2) is 5.06. The van der Waals surface area contributed by atoms with Gasteiger partial charge in [0, 0.05) is 16.2 Å². The van der Waals surface area contributed by atoms with Crippen LogP contribution in [0.3, 0.4) is 0 Å². The normalized spacial score (nSPS) is 16.8. The van der Waals surface area contributed by atoms with Gasteiger partial charge in [0.1, 0.15) is 11.0 Å². The minimum absolute atomic E-state index is 0.0542. The molecule has 0 bridgehead atoms. The Labute approximate surface area is 121 Å². The van der Waals surface area contributed by atoms with Crippen LogP contribution in [-0.4, -0.2) is 16.1 Å². The molecule has 20 heavy (non-hydrogen) atoms. The van der Waals surface area contributed by atoms with Gasteiger partial charge < -0.3 is 10.4 Å². The van der Waals surface area contributed by atoms with Crippen molar-refractivity contribution in [1.29, 1.82) is 0 Å². The third-order valence-corrected chi connectivity index (χ3v) is 4.50. The van der Waals surface area contributed by atoms with Crippen LogP contribution in [-0.2, 0) is 0 Å². The third-order valence-electron chi connectivity index (χ3n) is 3.15.